The molecule has 0 spiro atoms. The molecule has 1 rings (SSSR count). The average Bonchev–Trinajstić information content (AvgIpc) is 2.28. The molecule has 62 valence electrons. The third-order valence-electron chi connectivity index (χ3n) is 1.42. The van der Waals surface area contributed by atoms with E-state index in [9.17, 15) is 4.39 Å². The highest BCUT2D eigenvalue weighted by Gasteiger charge is 2.15. The fourth-order valence-electron chi connectivity index (χ4n) is 0.874. The minimum atomic E-state index is -1.19. The van der Waals surface area contributed by atoms with E-state index in [0.717, 1.165) is 5.56 Å². The van der Waals surface area contributed by atoms with Gasteiger partial charge < -0.3 is 10.2 Å². The van der Waals surface area contributed by atoms with Crippen LogP contribution in [0, 0.1) is 6.92 Å². The van der Waals surface area contributed by atoms with Crippen LogP contribution in [0.3, 0.4) is 0 Å². The smallest absolute Gasteiger partial charge is 0.170 e. The van der Waals surface area contributed by atoms with Crippen molar-refractivity contribution >= 4 is 15.9 Å². The van der Waals surface area contributed by atoms with Crippen LogP contribution in [0.2, 0.25) is 0 Å². The molecule has 11 heavy (non-hydrogen) atoms. The van der Waals surface area contributed by atoms with Crippen LogP contribution in [-0.2, 0) is 0 Å². The zero-order valence-electron chi connectivity index (χ0n) is 6.10. The van der Waals surface area contributed by atoms with Gasteiger partial charge in [-0.25, -0.2) is 4.39 Å². The van der Waals surface area contributed by atoms with Crippen molar-refractivity contribution in [2.45, 2.75) is 13.1 Å². The first kappa shape index (κ1) is 8.74. The second-order valence-corrected chi connectivity index (χ2v) is 3.08. The van der Waals surface area contributed by atoms with Crippen molar-refractivity contribution in [3.8, 4) is 0 Å². The molecule has 1 atom stereocenters. The van der Waals surface area contributed by atoms with E-state index in [0.29, 0.717) is 10.4 Å². The maximum atomic E-state index is 12.9. The Bertz CT molecular complexity index is 249. The molecule has 0 amide bonds. The number of nitrogens with two attached hydrogens (primary N) is 1. The highest BCUT2D eigenvalue weighted by atomic mass is 79.9. The molecule has 1 aromatic rings. The van der Waals surface area contributed by atoms with E-state index in [-0.39, 0.29) is 6.54 Å². The minimum Gasteiger partial charge on any atom is -0.451 e. The lowest BCUT2D eigenvalue weighted by atomic mass is 10.2. The summed E-state index contributed by atoms with van der Waals surface area (Å²) in [6.07, 6.45) is -1.19. The lowest BCUT2D eigenvalue weighted by Crippen LogP contribution is -2.07. The Balaban J connectivity index is 2.93. The number of hydrogen-bond acceptors (Lipinski definition) is 2. The molecule has 0 aliphatic carbocycles. The summed E-state index contributed by atoms with van der Waals surface area (Å²) in [5, 5.41) is 0. The summed E-state index contributed by atoms with van der Waals surface area (Å²) in [7, 11) is 0. The maximum absolute atomic E-state index is 12.9. The number of halogens is 2. The highest BCUT2D eigenvalue weighted by molar-refractivity contribution is 9.10. The van der Waals surface area contributed by atoms with Crippen molar-refractivity contribution in [1.82, 2.24) is 0 Å². The van der Waals surface area contributed by atoms with E-state index in [4.69, 9.17) is 10.2 Å². The third kappa shape index (κ3) is 1.81. The summed E-state index contributed by atoms with van der Waals surface area (Å²) in [5.74, 6) is 0.319. The van der Waals surface area contributed by atoms with Crippen molar-refractivity contribution in [3.05, 3.63) is 22.1 Å². The van der Waals surface area contributed by atoms with Crippen LogP contribution in [0.25, 0.3) is 0 Å². The lowest BCUT2D eigenvalue weighted by molar-refractivity contribution is 0.288. The molecular weight excluding hydrogens is 213 g/mol. The van der Waals surface area contributed by atoms with Crippen molar-refractivity contribution in [2.75, 3.05) is 6.54 Å². The SMILES string of the molecule is Cc1cc(Br)oc1C(F)CN. The zero-order valence-corrected chi connectivity index (χ0v) is 7.69. The average molecular weight is 222 g/mol. The number of aryl methyl sites for hydroxylation is 1. The predicted octanol–water partition coefficient (Wildman–Crippen LogP) is 2.32. The van der Waals surface area contributed by atoms with Gasteiger partial charge in [0, 0.05) is 6.54 Å². The molecule has 0 aliphatic rings. The predicted molar refractivity (Wildman–Crippen MR) is 44.0 cm³/mol. The Hall–Kier alpha value is -0.350. The largest absolute Gasteiger partial charge is 0.451 e. The molecule has 0 aromatic carbocycles. The molecule has 0 bridgehead atoms. The summed E-state index contributed by atoms with van der Waals surface area (Å²) in [6, 6.07) is 1.72. The van der Waals surface area contributed by atoms with Gasteiger partial charge in [-0.15, -0.1) is 0 Å². The Morgan fingerprint density at radius 3 is 2.82 bits per heavy atom. The molecule has 0 radical (unpaired) electrons. The van der Waals surface area contributed by atoms with Crippen LogP contribution >= 0.6 is 15.9 Å². The van der Waals surface area contributed by atoms with Crippen LogP contribution in [0.1, 0.15) is 17.5 Å². The molecule has 1 aromatic heterocycles. The molecular formula is C7H9BrFNO. The zero-order chi connectivity index (χ0) is 8.43. The van der Waals surface area contributed by atoms with E-state index in [1.165, 1.54) is 0 Å². The first-order chi connectivity index (χ1) is 5.15. The number of furan rings is 1. The number of alkyl halides is 1. The second kappa shape index (κ2) is 3.36. The molecule has 1 heterocycles. The van der Waals surface area contributed by atoms with Crippen LogP contribution in [-0.4, -0.2) is 6.54 Å². The van der Waals surface area contributed by atoms with E-state index in [2.05, 4.69) is 15.9 Å². The first-order valence-electron chi connectivity index (χ1n) is 3.25. The van der Waals surface area contributed by atoms with Gasteiger partial charge in [0.05, 0.1) is 0 Å². The molecule has 0 saturated carbocycles. The Labute approximate surface area is 72.7 Å². The quantitative estimate of drug-likeness (QED) is 0.833. The standard InChI is InChI=1S/C7H9BrFNO/c1-4-2-6(8)11-7(4)5(9)3-10/h2,5H,3,10H2,1H3. The summed E-state index contributed by atoms with van der Waals surface area (Å²) in [5.41, 5.74) is 5.92. The van der Waals surface area contributed by atoms with Crippen molar-refractivity contribution < 1.29 is 8.81 Å². The van der Waals surface area contributed by atoms with Crippen molar-refractivity contribution in [1.29, 1.82) is 0 Å². The van der Waals surface area contributed by atoms with Crippen LogP contribution in [0.4, 0.5) is 4.39 Å². The molecule has 0 aliphatic heterocycles. The van der Waals surface area contributed by atoms with Crippen LogP contribution in [0.15, 0.2) is 15.2 Å². The van der Waals surface area contributed by atoms with Crippen molar-refractivity contribution in [3.63, 3.8) is 0 Å². The van der Waals surface area contributed by atoms with Gasteiger partial charge in [0.25, 0.3) is 0 Å². The summed E-state index contributed by atoms with van der Waals surface area (Å²) >= 11 is 3.11. The summed E-state index contributed by atoms with van der Waals surface area (Å²) < 4.78 is 18.5. The summed E-state index contributed by atoms with van der Waals surface area (Å²) in [6.45, 7) is 1.74. The monoisotopic (exact) mass is 221 g/mol. The van der Waals surface area contributed by atoms with E-state index in [1.807, 2.05) is 0 Å². The fraction of sp³-hybridized carbons (Fsp3) is 0.429. The highest BCUT2D eigenvalue weighted by Crippen LogP contribution is 2.26. The molecule has 0 saturated heterocycles. The molecule has 2 nitrogen and oxygen atoms in total. The van der Waals surface area contributed by atoms with Gasteiger partial charge in [-0.05, 0) is 34.5 Å². The maximum Gasteiger partial charge on any atom is 0.170 e. The molecule has 4 heteroatoms. The third-order valence-corrected chi connectivity index (χ3v) is 1.81. The number of rotatable bonds is 2. The van der Waals surface area contributed by atoms with E-state index < -0.39 is 6.17 Å². The van der Waals surface area contributed by atoms with Gasteiger partial charge in [-0.1, -0.05) is 0 Å². The van der Waals surface area contributed by atoms with E-state index >= 15 is 0 Å². The van der Waals surface area contributed by atoms with Gasteiger partial charge in [0.2, 0.25) is 0 Å². The van der Waals surface area contributed by atoms with Crippen molar-refractivity contribution in [2.24, 2.45) is 5.73 Å². The molecule has 2 N–H and O–H groups in total. The number of hydrogen-bond donors (Lipinski definition) is 1. The Morgan fingerprint density at radius 1 is 1.82 bits per heavy atom. The van der Waals surface area contributed by atoms with Gasteiger partial charge in [0.1, 0.15) is 5.76 Å². The Kier molecular flexibility index (Phi) is 2.67. The first-order valence-corrected chi connectivity index (χ1v) is 4.04. The summed E-state index contributed by atoms with van der Waals surface area (Å²) in [4.78, 5) is 0. The fourth-order valence-corrected chi connectivity index (χ4v) is 1.39. The molecule has 1 unspecified atom stereocenters. The van der Waals surface area contributed by atoms with Crippen LogP contribution < -0.4 is 5.73 Å². The second-order valence-electron chi connectivity index (χ2n) is 2.30. The molecule has 0 fully saturated rings. The Morgan fingerprint density at radius 2 is 2.45 bits per heavy atom. The van der Waals surface area contributed by atoms with Gasteiger partial charge >= 0.3 is 0 Å². The van der Waals surface area contributed by atoms with Gasteiger partial charge in [-0.2, -0.15) is 0 Å². The normalized spacial score (nSPS) is 13.5. The van der Waals surface area contributed by atoms with Gasteiger partial charge in [0.15, 0.2) is 10.8 Å². The topological polar surface area (TPSA) is 39.2 Å². The van der Waals surface area contributed by atoms with Gasteiger partial charge in [-0.3, -0.25) is 0 Å². The van der Waals surface area contributed by atoms with Crippen LogP contribution in [0.5, 0.6) is 0 Å². The lowest BCUT2D eigenvalue weighted by Gasteiger charge is -2.00. The minimum absolute atomic E-state index is 0.0409. The van der Waals surface area contributed by atoms with E-state index in [1.54, 1.807) is 13.0 Å².